The molecule has 0 saturated heterocycles. The van der Waals surface area contributed by atoms with Crippen molar-refractivity contribution in [3.05, 3.63) is 28.7 Å². The molecule has 1 heterocycles. The average molecular weight is 259 g/mol. The Morgan fingerprint density at radius 2 is 2.12 bits per heavy atom. The van der Waals surface area contributed by atoms with Crippen LogP contribution in [0.15, 0.2) is 28.0 Å². The van der Waals surface area contributed by atoms with Gasteiger partial charge in [-0.15, -0.1) is 0 Å². The summed E-state index contributed by atoms with van der Waals surface area (Å²) in [5.41, 5.74) is 4.54. The number of sulfonamides is 1. The van der Waals surface area contributed by atoms with Crippen LogP contribution in [0.1, 0.15) is 12.8 Å². The van der Waals surface area contributed by atoms with Gasteiger partial charge < -0.3 is 10.7 Å². The van der Waals surface area contributed by atoms with Crippen LogP contribution in [0.5, 0.6) is 0 Å². The summed E-state index contributed by atoms with van der Waals surface area (Å²) in [6.07, 6.45) is 1.56. The zero-order chi connectivity index (χ0) is 12.9. The van der Waals surface area contributed by atoms with E-state index in [1.165, 1.54) is 6.07 Å². The van der Waals surface area contributed by atoms with Gasteiger partial charge in [0.25, 0.3) is 0 Å². The van der Waals surface area contributed by atoms with Gasteiger partial charge in [-0.3, -0.25) is 9.59 Å². The van der Waals surface area contributed by atoms with Gasteiger partial charge >= 0.3 is 0 Å². The Kier molecular flexibility index (Phi) is 4.41. The first-order chi connectivity index (χ1) is 7.92. The Labute approximate surface area is 98.1 Å². The van der Waals surface area contributed by atoms with Crippen LogP contribution in [-0.2, 0) is 14.8 Å². The molecule has 8 heteroatoms. The highest BCUT2D eigenvalue weighted by Crippen LogP contribution is 2.03. The smallest absolute Gasteiger partial charge is 0.247 e. The van der Waals surface area contributed by atoms with Gasteiger partial charge in [-0.05, 0) is 12.5 Å². The summed E-state index contributed by atoms with van der Waals surface area (Å²) >= 11 is 0. The zero-order valence-corrected chi connectivity index (χ0v) is 9.79. The van der Waals surface area contributed by atoms with Crippen molar-refractivity contribution >= 4 is 15.9 Å². The summed E-state index contributed by atoms with van der Waals surface area (Å²) in [5, 5.41) is 0. The molecule has 0 bridgehead atoms. The second-order valence-electron chi connectivity index (χ2n) is 3.36. The molecule has 0 radical (unpaired) electrons. The van der Waals surface area contributed by atoms with E-state index in [0.717, 1.165) is 12.3 Å². The number of H-pyrrole nitrogens is 1. The Bertz CT molecular complexity index is 529. The fourth-order valence-corrected chi connectivity index (χ4v) is 2.16. The maximum Gasteiger partial charge on any atom is 0.247 e. The molecule has 0 spiro atoms. The number of aromatic nitrogens is 1. The van der Waals surface area contributed by atoms with Crippen LogP contribution in [0.2, 0.25) is 0 Å². The van der Waals surface area contributed by atoms with E-state index in [0.29, 0.717) is 6.42 Å². The minimum Gasteiger partial charge on any atom is -0.370 e. The van der Waals surface area contributed by atoms with Gasteiger partial charge in [0.1, 0.15) is 0 Å². The van der Waals surface area contributed by atoms with E-state index in [4.69, 9.17) is 5.73 Å². The van der Waals surface area contributed by atoms with Gasteiger partial charge in [0, 0.05) is 25.2 Å². The normalized spacial score (nSPS) is 11.3. The Hall–Kier alpha value is -1.67. The maximum absolute atomic E-state index is 11.6. The molecule has 1 aromatic rings. The molecule has 0 aliphatic carbocycles. The highest BCUT2D eigenvalue weighted by molar-refractivity contribution is 7.89. The molecule has 0 aliphatic heterocycles. The zero-order valence-electron chi connectivity index (χ0n) is 8.97. The number of amides is 1. The van der Waals surface area contributed by atoms with E-state index in [1.54, 1.807) is 0 Å². The fraction of sp³-hybridized carbons (Fsp3) is 0.333. The summed E-state index contributed by atoms with van der Waals surface area (Å²) < 4.78 is 25.6. The lowest BCUT2D eigenvalue weighted by Crippen LogP contribution is -2.26. The van der Waals surface area contributed by atoms with E-state index in [-0.39, 0.29) is 23.4 Å². The number of rotatable bonds is 6. The number of primary amides is 1. The van der Waals surface area contributed by atoms with Gasteiger partial charge in [-0.2, -0.15) is 0 Å². The van der Waals surface area contributed by atoms with Gasteiger partial charge in [0.2, 0.25) is 21.5 Å². The van der Waals surface area contributed by atoms with Crippen molar-refractivity contribution in [2.24, 2.45) is 5.73 Å². The lowest BCUT2D eigenvalue weighted by atomic mass is 10.3. The fourth-order valence-electron chi connectivity index (χ4n) is 1.12. The first-order valence-electron chi connectivity index (χ1n) is 4.88. The molecule has 0 atom stereocenters. The van der Waals surface area contributed by atoms with Crippen molar-refractivity contribution < 1.29 is 13.2 Å². The average Bonchev–Trinajstić information content (AvgIpc) is 2.25. The molecule has 1 aromatic heterocycles. The number of hydrogen-bond donors (Lipinski definition) is 3. The molecule has 0 aliphatic rings. The van der Waals surface area contributed by atoms with Crippen molar-refractivity contribution in [3.63, 3.8) is 0 Å². The van der Waals surface area contributed by atoms with Crippen molar-refractivity contribution in [1.82, 2.24) is 9.71 Å². The predicted molar refractivity (Wildman–Crippen MR) is 60.7 cm³/mol. The second kappa shape index (κ2) is 5.60. The summed E-state index contributed by atoms with van der Waals surface area (Å²) in [5.74, 6) is -0.478. The molecular formula is C9H13N3O4S. The van der Waals surface area contributed by atoms with Crippen molar-refractivity contribution in [2.75, 3.05) is 6.54 Å². The van der Waals surface area contributed by atoms with E-state index in [1.807, 2.05) is 0 Å². The van der Waals surface area contributed by atoms with Crippen LogP contribution in [-0.4, -0.2) is 25.9 Å². The van der Waals surface area contributed by atoms with Gasteiger partial charge in [0.05, 0.1) is 4.90 Å². The van der Waals surface area contributed by atoms with E-state index >= 15 is 0 Å². The Morgan fingerprint density at radius 3 is 2.65 bits per heavy atom. The summed E-state index contributed by atoms with van der Waals surface area (Å²) in [6.45, 7) is 0.115. The van der Waals surface area contributed by atoms with Gasteiger partial charge in [-0.1, -0.05) is 0 Å². The molecule has 7 nitrogen and oxygen atoms in total. The SMILES string of the molecule is NC(=O)CCCNS(=O)(=O)c1ccc(=O)[nH]c1. The van der Waals surface area contributed by atoms with Crippen molar-refractivity contribution in [2.45, 2.75) is 17.7 Å². The number of carbonyl (C=O) groups is 1. The lowest BCUT2D eigenvalue weighted by Gasteiger charge is -2.05. The van der Waals surface area contributed by atoms with Crippen molar-refractivity contribution in [1.29, 1.82) is 0 Å². The molecule has 1 amide bonds. The third-order valence-corrected chi connectivity index (χ3v) is 3.42. The monoisotopic (exact) mass is 259 g/mol. The van der Waals surface area contributed by atoms with Gasteiger partial charge in [0.15, 0.2) is 0 Å². The predicted octanol–water partition coefficient (Wildman–Crippen LogP) is -1.08. The number of aromatic amines is 1. The minimum atomic E-state index is -3.65. The summed E-state index contributed by atoms with van der Waals surface area (Å²) in [7, 11) is -3.65. The number of pyridine rings is 1. The first-order valence-corrected chi connectivity index (χ1v) is 6.37. The topological polar surface area (TPSA) is 122 Å². The van der Waals surface area contributed by atoms with E-state index < -0.39 is 15.9 Å². The van der Waals surface area contributed by atoms with Crippen LogP contribution in [0.3, 0.4) is 0 Å². The molecule has 0 fully saturated rings. The molecule has 94 valence electrons. The van der Waals surface area contributed by atoms with Crippen molar-refractivity contribution in [3.8, 4) is 0 Å². The van der Waals surface area contributed by atoms with Crippen LogP contribution in [0, 0.1) is 0 Å². The molecule has 0 saturated carbocycles. The molecular weight excluding hydrogens is 246 g/mol. The molecule has 4 N–H and O–H groups in total. The second-order valence-corrected chi connectivity index (χ2v) is 5.12. The molecule has 0 aromatic carbocycles. The Balaban J connectivity index is 2.60. The standard InChI is InChI=1S/C9H13N3O4S/c10-8(13)2-1-5-12-17(15,16)7-3-4-9(14)11-6-7/h3-4,6,12H,1-2,5H2,(H2,10,13)(H,11,14). The first kappa shape index (κ1) is 13.4. The third kappa shape index (κ3) is 4.37. The van der Waals surface area contributed by atoms with Gasteiger partial charge in [-0.25, -0.2) is 13.1 Å². The molecule has 17 heavy (non-hydrogen) atoms. The quantitative estimate of drug-likeness (QED) is 0.562. The number of carbonyl (C=O) groups excluding carboxylic acids is 1. The van der Waals surface area contributed by atoms with Crippen LogP contribution < -0.4 is 16.0 Å². The Morgan fingerprint density at radius 1 is 1.41 bits per heavy atom. The van der Waals surface area contributed by atoms with E-state index in [9.17, 15) is 18.0 Å². The minimum absolute atomic E-state index is 0.0313. The highest BCUT2D eigenvalue weighted by atomic mass is 32.2. The third-order valence-electron chi connectivity index (χ3n) is 1.96. The maximum atomic E-state index is 11.6. The molecule has 0 unspecified atom stereocenters. The largest absolute Gasteiger partial charge is 0.370 e. The number of hydrogen-bond acceptors (Lipinski definition) is 4. The highest BCUT2D eigenvalue weighted by Gasteiger charge is 2.12. The molecule has 1 rings (SSSR count). The number of nitrogens with two attached hydrogens (primary N) is 1. The van der Waals surface area contributed by atoms with E-state index in [2.05, 4.69) is 9.71 Å². The lowest BCUT2D eigenvalue weighted by molar-refractivity contribution is -0.118. The summed E-state index contributed by atoms with van der Waals surface area (Å²) in [6, 6.07) is 2.33. The van der Waals surface area contributed by atoms with Crippen LogP contribution in [0.4, 0.5) is 0 Å². The van der Waals surface area contributed by atoms with Crippen LogP contribution in [0.25, 0.3) is 0 Å². The summed E-state index contributed by atoms with van der Waals surface area (Å²) in [4.78, 5) is 23.4. The van der Waals surface area contributed by atoms with Crippen LogP contribution >= 0.6 is 0 Å². The number of nitrogens with one attached hydrogen (secondary N) is 2.